The molecular weight excluding hydrogens is 261 g/mol. The Bertz CT molecular complexity index is 336. The first-order chi connectivity index (χ1) is 6.59. The SMILES string of the molecule is C=C(Cl)CNCc1ccc(C)cc1Br. The highest BCUT2D eigenvalue weighted by atomic mass is 79.9. The van der Waals surface area contributed by atoms with Crippen molar-refractivity contribution < 1.29 is 0 Å². The summed E-state index contributed by atoms with van der Waals surface area (Å²) in [6.45, 7) is 7.13. The summed E-state index contributed by atoms with van der Waals surface area (Å²) in [6.07, 6.45) is 0. The predicted molar refractivity (Wildman–Crippen MR) is 65.6 cm³/mol. The van der Waals surface area contributed by atoms with Gasteiger partial charge in [-0.15, -0.1) is 0 Å². The fourth-order valence-electron chi connectivity index (χ4n) is 1.13. The second kappa shape index (κ2) is 5.54. The molecule has 0 radical (unpaired) electrons. The molecule has 1 nitrogen and oxygen atoms in total. The van der Waals surface area contributed by atoms with Gasteiger partial charge in [-0.2, -0.15) is 0 Å². The monoisotopic (exact) mass is 273 g/mol. The van der Waals surface area contributed by atoms with Crippen LogP contribution in [0.5, 0.6) is 0 Å². The molecule has 0 aliphatic carbocycles. The third kappa shape index (κ3) is 3.82. The van der Waals surface area contributed by atoms with Crippen LogP contribution in [0.15, 0.2) is 34.3 Å². The van der Waals surface area contributed by atoms with Gasteiger partial charge in [-0.3, -0.25) is 0 Å². The fourth-order valence-corrected chi connectivity index (χ4v) is 1.86. The summed E-state index contributed by atoms with van der Waals surface area (Å²) in [4.78, 5) is 0. The lowest BCUT2D eigenvalue weighted by Crippen LogP contribution is -2.14. The first-order valence-electron chi connectivity index (χ1n) is 4.38. The summed E-state index contributed by atoms with van der Waals surface area (Å²) in [5.74, 6) is 0. The van der Waals surface area contributed by atoms with Gasteiger partial charge in [0.25, 0.3) is 0 Å². The van der Waals surface area contributed by atoms with E-state index in [2.05, 4.69) is 52.9 Å². The molecule has 0 aliphatic rings. The number of rotatable bonds is 4. The number of hydrogen-bond donors (Lipinski definition) is 1. The standard InChI is InChI=1S/C11H13BrClN/c1-8-3-4-10(11(12)5-8)7-14-6-9(2)13/h3-5,14H,2,6-7H2,1H3. The minimum absolute atomic E-state index is 0.633. The summed E-state index contributed by atoms with van der Waals surface area (Å²) in [6, 6.07) is 6.30. The molecule has 0 heterocycles. The molecule has 1 aromatic rings. The summed E-state index contributed by atoms with van der Waals surface area (Å²) in [7, 11) is 0. The van der Waals surface area contributed by atoms with Crippen LogP contribution in [-0.2, 0) is 6.54 Å². The Morgan fingerprint density at radius 3 is 2.86 bits per heavy atom. The Hall–Kier alpha value is -0.310. The average molecular weight is 275 g/mol. The van der Waals surface area contributed by atoms with Crippen LogP contribution in [0.2, 0.25) is 0 Å². The van der Waals surface area contributed by atoms with Gasteiger partial charge in [0.05, 0.1) is 0 Å². The third-order valence-electron chi connectivity index (χ3n) is 1.84. The molecule has 1 aromatic carbocycles. The zero-order valence-corrected chi connectivity index (χ0v) is 10.5. The molecule has 0 bridgehead atoms. The highest BCUT2D eigenvalue weighted by molar-refractivity contribution is 9.10. The van der Waals surface area contributed by atoms with Gasteiger partial charge in [-0.1, -0.05) is 46.2 Å². The smallest absolute Gasteiger partial charge is 0.0310 e. The molecule has 0 fully saturated rings. The van der Waals surface area contributed by atoms with Gasteiger partial charge in [0.15, 0.2) is 0 Å². The summed E-state index contributed by atoms with van der Waals surface area (Å²) in [5, 5.41) is 3.83. The number of benzene rings is 1. The van der Waals surface area contributed by atoms with Gasteiger partial charge >= 0.3 is 0 Å². The molecule has 0 atom stereocenters. The van der Waals surface area contributed by atoms with E-state index >= 15 is 0 Å². The van der Waals surface area contributed by atoms with E-state index in [1.54, 1.807) is 0 Å². The van der Waals surface area contributed by atoms with Crippen molar-refractivity contribution in [2.24, 2.45) is 0 Å². The number of aryl methyl sites for hydroxylation is 1. The van der Waals surface area contributed by atoms with E-state index in [1.807, 2.05) is 0 Å². The molecule has 1 rings (SSSR count). The summed E-state index contributed by atoms with van der Waals surface area (Å²) >= 11 is 9.16. The van der Waals surface area contributed by atoms with Crippen molar-refractivity contribution in [3.8, 4) is 0 Å². The van der Waals surface area contributed by atoms with Crippen LogP contribution in [-0.4, -0.2) is 6.54 Å². The van der Waals surface area contributed by atoms with Gasteiger partial charge < -0.3 is 5.32 Å². The van der Waals surface area contributed by atoms with E-state index < -0.39 is 0 Å². The molecule has 1 N–H and O–H groups in total. The molecule has 0 saturated heterocycles. The third-order valence-corrected chi connectivity index (χ3v) is 2.71. The van der Waals surface area contributed by atoms with Crippen molar-refractivity contribution in [1.29, 1.82) is 0 Å². The lowest BCUT2D eigenvalue weighted by molar-refractivity contribution is 0.752. The zero-order valence-electron chi connectivity index (χ0n) is 8.11. The highest BCUT2D eigenvalue weighted by Crippen LogP contribution is 2.18. The van der Waals surface area contributed by atoms with Gasteiger partial charge in [-0.25, -0.2) is 0 Å². The van der Waals surface area contributed by atoms with E-state index in [0.29, 0.717) is 11.6 Å². The summed E-state index contributed by atoms with van der Waals surface area (Å²) in [5.41, 5.74) is 2.48. The van der Waals surface area contributed by atoms with Gasteiger partial charge in [0, 0.05) is 22.6 Å². The minimum Gasteiger partial charge on any atom is -0.308 e. The second-order valence-electron chi connectivity index (χ2n) is 3.22. The van der Waals surface area contributed by atoms with Crippen LogP contribution < -0.4 is 5.32 Å². The normalized spacial score (nSPS) is 10.2. The molecule has 0 amide bonds. The highest BCUT2D eigenvalue weighted by Gasteiger charge is 1.99. The zero-order chi connectivity index (χ0) is 10.6. The Labute approximate surface area is 98.3 Å². The van der Waals surface area contributed by atoms with Crippen LogP contribution in [0.4, 0.5) is 0 Å². The van der Waals surface area contributed by atoms with Crippen LogP contribution in [0.1, 0.15) is 11.1 Å². The maximum atomic E-state index is 5.64. The first kappa shape index (κ1) is 11.8. The molecule has 0 unspecified atom stereocenters. The number of halogens is 2. The maximum Gasteiger partial charge on any atom is 0.0310 e. The van der Waals surface area contributed by atoms with Crippen molar-refractivity contribution in [3.63, 3.8) is 0 Å². The molecule has 14 heavy (non-hydrogen) atoms. The van der Waals surface area contributed by atoms with Crippen molar-refractivity contribution in [2.45, 2.75) is 13.5 Å². The average Bonchev–Trinajstić information content (AvgIpc) is 2.08. The van der Waals surface area contributed by atoms with Crippen molar-refractivity contribution in [1.82, 2.24) is 5.32 Å². The molecule has 0 aliphatic heterocycles. The maximum absolute atomic E-state index is 5.64. The van der Waals surface area contributed by atoms with Crippen molar-refractivity contribution >= 4 is 27.5 Å². The minimum atomic E-state index is 0.633. The van der Waals surface area contributed by atoms with Crippen LogP contribution in [0.25, 0.3) is 0 Å². The molecule has 76 valence electrons. The van der Waals surface area contributed by atoms with E-state index in [-0.39, 0.29) is 0 Å². The van der Waals surface area contributed by atoms with E-state index in [1.165, 1.54) is 11.1 Å². The predicted octanol–water partition coefficient (Wildman–Crippen LogP) is 3.60. The van der Waals surface area contributed by atoms with Gasteiger partial charge in [0.1, 0.15) is 0 Å². The van der Waals surface area contributed by atoms with Crippen LogP contribution >= 0.6 is 27.5 Å². The first-order valence-corrected chi connectivity index (χ1v) is 5.55. The van der Waals surface area contributed by atoms with E-state index in [9.17, 15) is 0 Å². The molecule has 0 spiro atoms. The Balaban J connectivity index is 2.55. The van der Waals surface area contributed by atoms with E-state index in [4.69, 9.17) is 11.6 Å². The van der Waals surface area contributed by atoms with Crippen molar-refractivity contribution in [3.05, 3.63) is 45.4 Å². The molecular formula is C11H13BrClN. The molecule has 3 heteroatoms. The van der Waals surface area contributed by atoms with Crippen molar-refractivity contribution in [2.75, 3.05) is 6.54 Å². The van der Waals surface area contributed by atoms with Gasteiger partial charge in [-0.05, 0) is 24.1 Å². The van der Waals surface area contributed by atoms with Crippen LogP contribution in [0, 0.1) is 6.92 Å². The van der Waals surface area contributed by atoms with Crippen LogP contribution in [0.3, 0.4) is 0 Å². The Morgan fingerprint density at radius 1 is 1.57 bits per heavy atom. The molecule has 0 aromatic heterocycles. The number of hydrogen-bond acceptors (Lipinski definition) is 1. The second-order valence-corrected chi connectivity index (χ2v) is 4.60. The number of nitrogens with one attached hydrogen (secondary N) is 1. The Kier molecular flexibility index (Phi) is 4.66. The lowest BCUT2D eigenvalue weighted by atomic mass is 10.1. The van der Waals surface area contributed by atoms with Gasteiger partial charge in [0.2, 0.25) is 0 Å². The summed E-state index contributed by atoms with van der Waals surface area (Å²) < 4.78 is 1.13. The molecule has 0 saturated carbocycles. The topological polar surface area (TPSA) is 12.0 Å². The van der Waals surface area contributed by atoms with E-state index in [0.717, 1.165) is 11.0 Å². The fraction of sp³-hybridized carbons (Fsp3) is 0.273. The largest absolute Gasteiger partial charge is 0.308 e. The lowest BCUT2D eigenvalue weighted by Gasteiger charge is -2.06. The Morgan fingerprint density at radius 2 is 2.29 bits per heavy atom. The quantitative estimate of drug-likeness (QED) is 0.884.